The van der Waals surface area contributed by atoms with Crippen LogP contribution in [-0.2, 0) is 23.9 Å². The van der Waals surface area contributed by atoms with Crippen LogP contribution < -0.4 is 10.9 Å². The molecule has 1 aromatic carbocycles. The smallest absolute Gasteiger partial charge is 0.348 e. The van der Waals surface area contributed by atoms with E-state index in [-0.39, 0.29) is 6.04 Å². The van der Waals surface area contributed by atoms with Gasteiger partial charge in [-0.15, -0.1) is 0 Å². The van der Waals surface area contributed by atoms with Crippen molar-refractivity contribution in [3.8, 4) is 0 Å². The minimum atomic E-state index is -4.75. The number of carbonyl (C=O) groups is 1. The molecule has 25 heavy (non-hydrogen) atoms. The Kier molecular flexibility index (Phi) is 5.66. The van der Waals surface area contributed by atoms with Crippen molar-refractivity contribution in [1.29, 1.82) is 0 Å². The van der Waals surface area contributed by atoms with Crippen molar-refractivity contribution in [2.24, 2.45) is 0 Å². The Labute approximate surface area is 143 Å². The van der Waals surface area contributed by atoms with Crippen LogP contribution in [-0.4, -0.2) is 10.5 Å². The maximum absolute atomic E-state index is 12.7. The Hall–Kier alpha value is -2.57. The standard InChI is InChI=1S/C18H19F3N2O2/c1-3-13-6-8-14(9-7-13)12(2)22-16(24)11-23-10-4-5-15(17(23)25)18(19,20)21/h4-10,12H,3,11H2,1-2H3,(H,22,24). The molecular weight excluding hydrogens is 333 g/mol. The largest absolute Gasteiger partial charge is 0.421 e. The lowest BCUT2D eigenvalue weighted by molar-refractivity contribution is -0.139. The van der Waals surface area contributed by atoms with Crippen molar-refractivity contribution in [3.63, 3.8) is 0 Å². The second kappa shape index (κ2) is 7.55. The molecule has 0 spiro atoms. The number of nitrogens with one attached hydrogen (secondary N) is 1. The molecule has 134 valence electrons. The lowest BCUT2D eigenvalue weighted by atomic mass is 10.1. The number of nitrogens with zero attached hydrogens (tertiary/aromatic N) is 1. The molecule has 0 saturated carbocycles. The molecule has 1 N–H and O–H groups in total. The number of alkyl halides is 3. The Bertz CT molecular complexity index is 795. The summed E-state index contributed by atoms with van der Waals surface area (Å²) in [4.78, 5) is 23.9. The van der Waals surface area contributed by atoms with Crippen LogP contribution in [0.15, 0.2) is 47.4 Å². The van der Waals surface area contributed by atoms with Gasteiger partial charge in [-0.1, -0.05) is 31.2 Å². The number of aryl methyl sites for hydroxylation is 1. The molecule has 0 aliphatic rings. The van der Waals surface area contributed by atoms with Gasteiger partial charge >= 0.3 is 6.18 Å². The molecule has 1 heterocycles. The van der Waals surface area contributed by atoms with Crippen LogP contribution in [0, 0.1) is 0 Å². The molecule has 1 amide bonds. The van der Waals surface area contributed by atoms with E-state index >= 15 is 0 Å². The van der Waals surface area contributed by atoms with Crippen molar-refractivity contribution in [3.05, 3.63) is 69.6 Å². The second-order valence-corrected chi connectivity index (χ2v) is 5.74. The van der Waals surface area contributed by atoms with E-state index in [9.17, 15) is 22.8 Å². The van der Waals surface area contributed by atoms with E-state index in [1.165, 1.54) is 0 Å². The number of pyridine rings is 1. The first-order valence-electron chi connectivity index (χ1n) is 7.87. The van der Waals surface area contributed by atoms with Crippen molar-refractivity contribution < 1.29 is 18.0 Å². The minimum Gasteiger partial charge on any atom is -0.348 e. The fourth-order valence-corrected chi connectivity index (χ4v) is 2.44. The highest BCUT2D eigenvalue weighted by Gasteiger charge is 2.34. The number of rotatable bonds is 5. The fourth-order valence-electron chi connectivity index (χ4n) is 2.44. The van der Waals surface area contributed by atoms with Crippen molar-refractivity contribution >= 4 is 5.91 Å². The van der Waals surface area contributed by atoms with Gasteiger partial charge < -0.3 is 9.88 Å². The summed E-state index contributed by atoms with van der Waals surface area (Å²) in [5.41, 5.74) is -0.476. The predicted molar refractivity (Wildman–Crippen MR) is 88.1 cm³/mol. The monoisotopic (exact) mass is 352 g/mol. The lowest BCUT2D eigenvalue weighted by Gasteiger charge is -2.16. The molecule has 1 atom stereocenters. The number of aromatic nitrogens is 1. The molecule has 2 aromatic rings. The van der Waals surface area contributed by atoms with E-state index in [4.69, 9.17) is 0 Å². The highest BCUT2D eigenvalue weighted by Crippen LogP contribution is 2.25. The van der Waals surface area contributed by atoms with Crippen molar-refractivity contribution in [1.82, 2.24) is 9.88 Å². The summed E-state index contributed by atoms with van der Waals surface area (Å²) in [5, 5.41) is 2.69. The van der Waals surface area contributed by atoms with Gasteiger partial charge in [0.25, 0.3) is 5.56 Å². The Morgan fingerprint density at radius 1 is 1.20 bits per heavy atom. The third-order valence-electron chi connectivity index (χ3n) is 3.90. The van der Waals surface area contributed by atoms with Crippen molar-refractivity contribution in [2.45, 2.75) is 39.0 Å². The summed E-state index contributed by atoms with van der Waals surface area (Å²) < 4.78 is 39.0. The van der Waals surface area contributed by atoms with E-state index in [2.05, 4.69) is 5.32 Å². The topological polar surface area (TPSA) is 51.1 Å². The van der Waals surface area contributed by atoms with E-state index in [0.717, 1.165) is 34.4 Å². The van der Waals surface area contributed by atoms with E-state index in [1.54, 1.807) is 6.92 Å². The number of carbonyl (C=O) groups excluding carboxylic acids is 1. The second-order valence-electron chi connectivity index (χ2n) is 5.74. The molecule has 0 aliphatic carbocycles. The van der Waals surface area contributed by atoms with E-state index in [0.29, 0.717) is 6.07 Å². The van der Waals surface area contributed by atoms with Crippen LogP contribution in [0.1, 0.15) is 36.6 Å². The van der Waals surface area contributed by atoms with Crippen LogP contribution in [0.4, 0.5) is 13.2 Å². The van der Waals surface area contributed by atoms with Gasteiger partial charge in [0, 0.05) is 6.20 Å². The number of halogens is 3. The molecule has 0 fully saturated rings. The Morgan fingerprint density at radius 3 is 2.40 bits per heavy atom. The summed E-state index contributed by atoms with van der Waals surface area (Å²) >= 11 is 0. The molecule has 0 saturated heterocycles. The zero-order valence-corrected chi connectivity index (χ0v) is 13.9. The summed E-state index contributed by atoms with van der Waals surface area (Å²) in [5.74, 6) is -0.534. The zero-order valence-electron chi connectivity index (χ0n) is 13.9. The molecule has 4 nitrogen and oxygen atoms in total. The molecule has 1 aromatic heterocycles. The number of hydrogen-bond acceptors (Lipinski definition) is 2. The molecule has 0 bridgehead atoms. The van der Waals surface area contributed by atoms with Crippen LogP contribution in [0.2, 0.25) is 0 Å². The third kappa shape index (κ3) is 4.71. The van der Waals surface area contributed by atoms with Crippen LogP contribution in [0.5, 0.6) is 0 Å². The Morgan fingerprint density at radius 2 is 1.84 bits per heavy atom. The van der Waals surface area contributed by atoms with Crippen LogP contribution in [0.25, 0.3) is 0 Å². The molecule has 7 heteroatoms. The van der Waals surface area contributed by atoms with Crippen LogP contribution >= 0.6 is 0 Å². The normalized spacial score (nSPS) is 12.7. The third-order valence-corrected chi connectivity index (χ3v) is 3.90. The van der Waals surface area contributed by atoms with Gasteiger partial charge in [0.1, 0.15) is 12.1 Å². The first-order valence-corrected chi connectivity index (χ1v) is 7.87. The molecule has 0 radical (unpaired) electrons. The van der Waals surface area contributed by atoms with Gasteiger partial charge in [-0.05, 0) is 36.6 Å². The maximum atomic E-state index is 12.7. The first-order chi connectivity index (χ1) is 11.7. The number of amides is 1. The highest BCUT2D eigenvalue weighted by atomic mass is 19.4. The summed E-state index contributed by atoms with van der Waals surface area (Å²) in [6, 6.07) is 9.17. The van der Waals surface area contributed by atoms with Crippen LogP contribution in [0.3, 0.4) is 0 Å². The van der Waals surface area contributed by atoms with Gasteiger partial charge in [-0.3, -0.25) is 9.59 Å². The zero-order chi connectivity index (χ0) is 18.6. The molecular formula is C18H19F3N2O2. The summed E-state index contributed by atoms with van der Waals surface area (Å²) in [6.07, 6.45) is -2.68. The average molecular weight is 352 g/mol. The maximum Gasteiger partial charge on any atom is 0.421 e. The lowest BCUT2D eigenvalue weighted by Crippen LogP contribution is -2.35. The highest BCUT2D eigenvalue weighted by molar-refractivity contribution is 5.76. The van der Waals surface area contributed by atoms with Gasteiger partial charge in [0.2, 0.25) is 5.91 Å². The van der Waals surface area contributed by atoms with Crippen molar-refractivity contribution in [2.75, 3.05) is 0 Å². The predicted octanol–water partition coefficient (Wildman–Crippen LogP) is 3.31. The molecule has 2 rings (SSSR count). The molecule has 0 aliphatic heterocycles. The Balaban J connectivity index is 2.08. The number of hydrogen-bond donors (Lipinski definition) is 1. The molecule has 1 unspecified atom stereocenters. The SMILES string of the molecule is CCc1ccc(C(C)NC(=O)Cn2cccc(C(F)(F)F)c2=O)cc1. The van der Waals surface area contributed by atoms with Gasteiger partial charge in [0.15, 0.2) is 0 Å². The minimum absolute atomic E-state index is 0.320. The summed E-state index contributed by atoms with van der Waals surface area (Å²) in [6.45, 7) is 3.33. The van der Waals surface area contributed by atoms with E-state index < -0.39 is 29.8 Å². The average Bonchev–Trinajstić information content (AvgIpc) is 2.55. The van der Waals surface area contributed by atoms with E-state index in [1.807, 2.05) is 31.2 Å². The first kappa shape index (κ1) is 18.8. The summed E-state index contributed by atoms with van der Waals surface area (Å²) in [7, 11) is 0. The van der Waals surface area contributed by atoms with Gasteiger partial charge in [-0.2, -0.15) is 13.2 Å². The number of benzene rings is 1. The fraction of sp³-hybridized carbons (Fsp3) is 0.333. The van der Waals surface area contributed by atoms with Gasteiger partial charge in [0.05, 0.1) is 6.04 Å². The quantitative estimate of drug-likeness (QED) is 0.898. The van der Waals surface area contributed by atoms with Gasteiger partial charge in [-0.25, -0.2) is 0 Å².